The van der Waals surface area contributed by atoms with Gasteiger partial charge in [-0.1, -0.05) is 107 Å². The fraction of sp³-hybridized carbons (Fsp3) is 0.200. The van der Waals surface area contributed by atoms with E-state index in [1.165, 1.54) is 22.3 Å². The topological polar surface area (TPSA) is 37.4 Å². The predicted octanol–water partition coefficient (Wildman–Crippen LogP) is 10.3. The molecular weight excluding hydrogens is 526 g/mol. The lowest BCUT2D eigenvalue weighted by atomic mass is 9.73. The van der Waals surface area contributed by atoms with Crippen molar-refractivity contribution in [2.75, 3.05) is 4.90 Å². The molecule has 0 fully saturated rings. The molecule has 5 aromatic carbocycles. The highest BCUT2D eigenvalue weighted by atomic mass is 16.1. The molecule has 0 amide bonds. The van der Waals surface area contributed by atoms with Gasteiger partial charge in [-0.05, 0) is 77.6 Å². The number of carbonyl (C=O) groups is 2. The maximum absolute atomic E-state index is 13.7. The molecule has 0 saturated carbocycles. The zero-order valence-electron chi connectivity index (χ0n) is 25.3. The first-order valence-corrected chi connectivity index (χ1v) is 15.3. The van der Waals surface area contributed by atoms with Gasteiger partial charge in [0.1, 0.15) is 0 Å². The van der Waals surface area contributed by atoms with E-state index in [1.54, 1.807) is 24.3 Å². The largest absolute Gasteiger partial charge is 0.310 e. The van der Waals surface area contributed by atoms with Gasteiger partial charge >= 0.3 is 0 Å². The van der Waals surface area contributed by atoms with Crippen molar-refractivity contribution in [1.82, 2.24) is 0 Å². The quantitative estimate of drug-likeness (QED) is 0.167. The van der Waals surface area contributed by atoms with Crippen LogP contribution in [0.15, 0.2) is 121 Å². The van der Waals surface area contributed by atoms with Crippen molar-refractivity contribution >= 4 is 28.6 Å². The Labute approximate surface area is 254 Å². The number of Topliss-reactive ketones (excluding diaryl/α,β-unsaturated/α-hetero) is 1. The van der Waals surface area contributed by atoms with E-state index in [1.807, 2.05) is 32.0 Å². The van der Waals surface area contributed by atoms with Gasteiger partial charge in [0, 0.05) is 45.1 Å². The van der Waals surface area contributed by atoms with Crippen molar-refractivity contribution in [2.24, 2.45) is 5.92 Å². The highest BCUT2D eigenvalue weighted by Crippen LogP contribution is 2.54. The lowest BCUT2D eigenvalue weighted by Crippen LogP contribution is -2.24. The van der Waals surface area contributed by atoms with E-state index in [0.29, 0.717) is 16.7 Å². The van der Waals surface area contributed by atoms with Crippen LogP contribution in [0.3, 0.4) is 0 Å². The van der Waals surface area contributed by atoms with Crippen molar-refractivity contribution in [2.45, 2.75) is 46.0 Å². The standard InChI is InChI=1S/C40H37NO2/c1-5-40(6-2)36-25-30(39(43)29-19-17-28(18-20-29)38(42)27(3)4)21-23-34(36)35-24-22-33(26-37(35)40)41(31-13-9-7-10-14-31)32-15-11-8-12-16-32/h7-27H,5-6H2,1-4H3. The molecule has 6 rings (SSSR count). The second-order valence-electron chi connectivity index (χ2n) is 11.7. The molecule has 0 aliphatic heterocycles. The van der Waals surface area contributed by atoms with E-state index in [4.69, 9.17) is 0 Å². The fourth-order valence-electron chi connectivity index (χ4n) is 6.66. The van der Waals surface area contributed by atoms with E-state index in [9.17, 15) is 9.59 Å². The fourth-order valence-corrected chi connectivity index (χ4v) is 6.66. The minimum absolute atomic E-state index is 0.0246. The number of fused-ring (bicyclic) bond motifs is 3. The molecule has 0 N–H and O–H groups in total. The third-order valence-electron chi connectivity index (χ3n) is 9.06. The van der Waals surface area contributed by atoms with Gasteiger partial charge in [0.2, 0.25) is 0 Å². The first-order chi connectivity index (χ1) is 20.9. The molecule has 3 heteroatoms. The Kier molecular flexibility index (Phi) is 7.58. The Hall–Kier alpha value is -4.76. The molecule has 0 heterocycles. The van der Waals surface area contributed by atoms with Crippen molar-refractivity contribution in [3.05, 3.63) is 149 Å². The highest BCUT2D eigenvalue weighted by Gasteiger charge is 2.41. The maximum Gasteiger partial charge on any atom is 0.193 e. The number of anilines is 3. The first-order valence-electron chi connectivity index (χ1n) is 15.3. The Balaban J connectivity index is 1.42. The number of ketones is 2. The average molecular weight is 564 g/mol. The highest BCUT2D eigenvalue weighted by molar-refractivity contribution is 6.10. The summed E-state index contributed by atoms with van der Waals surface area (Å²) < 4.78 is 0. The Morgan fingerprint density at radius 3 is 1.60 bits per heavy atom. The number of benzene rings is 5. The lowest BCUT2D eigenvalue weighted by Gasteiger charge is -2.32. The van der Waals surface area contributed by atoms with Gasteiger partial charge in [-0.2, -0.15) is 0 Å². The molecule has 0 saturated heterocycles. The van der Waals surface area contributed by atoms with Crippen LogP contribution in [-0.2, 0) is 5.41 Å². The van der Waals surface area contributed by atoms with Gasteiger partial charge in [0.25, 0.3) is 0 Å². The van der Waals surface area contributed by atoms with E-state index in [0.717, 1.165) is 29.9 Å². The Bertz CT molecular complexity index is 1740. The van der Waals surface area contributed by atoms with Crippen molar-refractivity contribution < 1.29 is 9.59 Å². The third kappa shape index (κ3) is 4.89. The maximum atomic E-state index is 13.7. The third-order valence-corrected chi connectivity index (χ3v) is 9.06. The molecule has 3 nitrogen and oxygen atoms in total. The number of rotatable bonds is 9. The lowest BCUT2D eigenvalue weighted by molar-refractivity contribution is 0.0938. The van der Waals surface area contributed by atoms with Crippen LogP contribution in [0.5, 0.6) is 0 Å². The average Bonchev–Trinajstić information content (AvgIpc) is 3.34. The molecule has 0 aromatic heterocycles. The molecule has 43 heavy (non-hydrogen) atoms. The zero-order valence-corrected chi connectivity index (χ0v) is 25.3. The summed E-state index contributed by atoms with van der Waals surface area (Å²) >= 11 is 0. The number of nitrogens with zero attached hydrogens (tertiary/aromatic N) is 1. The molecule has 1 aliphatic carbocycles. The summed E-state index contributed by atoms with van der Waals surface area (Å²) in [5, 5.41) is 0. The number of hydrogen-bond acceptors (Lipinski definition) is 3. The van der Waals surface area contributed by atoms with E-state index in [2.05, 4.69) is 97.6 Å². The van der Waals surface area contributed by atoms with Gasteiger partial charge in [0.05, 0.1) is 0 Å². The van der Waals surface area contributed by atoms with Crippen LogP contribution in [0.1, 0.15) is 77.9 Å². The molecule has 0 spiro atoms. The summed E-state index contributed by atoms with van der Waals surface area (Å²) in [6, 6.07) is 41.1. The monoisotopic (exact) mass is 563 g/mol. The SMILES string of the molecule is CCC1(CC)c2cc(C(=O)c3ccc(C(=O)C(C)C)cc3)ccc2-c2ccc(N(c3ccccc3)c3ccccc3)cc21. The van der Waals surface area contributed by atoms with Crippen LogP contribution in [0, 0.1) is 5.92 Å². The summed E-state index contributed by atoms with van der Waals surface area (Å²) in [7, 11) is 0. The summed E-state index contributed by atoms with van der Waals surface area (Å²) in [5.41, 5.74) is 10.00. The molecule has 214 valence electrons. The number of carbonyl (C=O) groups excluding carboxylic acids is 2. The molecule has 0 radical (unpaired) electrons. The number of hydrogen-bond donors (Lipinski definition) is 0. The summed E-state index contributed by atoms with van der Waals surface area (Å²) in [6.07, 6.45) is 1.85. The van der Waals surface area contributed by atoms with Crippen molar-refractivity contribution in [1.29, 1.82) is 0 Å². The van der Waals surface area contributed by atoms with E-state index >= 15 is 0 Å². The van der Waals surface area contributed by atoms with Gasteiger partial charge in [0.15, 0.2) is 11.6 Å². The summed E-state index contributed by atoms with van der Waals surface area (Å²) in [6.45, 7) is 8.28. The minimum atomic E-state index is -0.205. The summed E-state index contributed by atoms with van der Waals surface area (Å²) in [4.78, 5) is 28.4. The second kappa shape index (κ2) is 11.5. The van der Waals surface area contributed by atoms with E-state index in [-0.39, 0.29) is 22.9 Å². The predicted molar refractivity (Wildman–Crippen MR) is 177 cm³/mol. The second-order valence-corrected chi connectivity index (χ2v) is 11.7. The zero-order chi connectivity index (χ0) is 30.1. The normalized spacial score (nSPS) is 13.0. The van der Waals surface area contributed by atoms with Crippen LogP contribution in [0.4, 0.5) is 17.1 Å². The number of para-hydroxylation sites is 2. The van der Waals surface area contributed by atoms with Crippen LogP contribution >= 0.6 is 0 Å². The van der Waals surface area contributed by atoms with Crippen LogP contribution in [0.2, 0.25) is 0 Å². The van der Waals surface area contributed by atoms with Gasteiger partial charge < -0.3 is 4.90 Å². The molecule has 0 bridgehead atoms. The van der Waals surface area contributed by atoms with Crippen LogP contribution in [0.25, 0.3) is 11.1 Å². The smallest absolute Gasteiger partial charge is 0.193 e. The molecular formula is C40H37NO2. The Morgan fingerprint density at radius 2 is 1.07 bits per heavy atom. The van der Waals surface area contributed by atoms with Crippen molar-refractivity contribution in [3.63, 3.8) is 0 Å². The van der Waals surface area contributed by atoms with Gasteiger partial charge in [-0.3, -0.25) is 9.59 Å². The minimum Gasteiger partial charge on any atom is -0.310 e. The molecule has 0 unspecified atom stereocenters. The van der Waals surface area contributed by atoms with E-state index < -0.39 is 0 Å². The first kappa shape index (κ1) is 28.4. The Morgan fingerprint density at radius 1 is 0.581 bits per heavy atom. The van der Waals surface area contributed by atoms with Crippen molar-refractivity contribution in [3.8, 4) is 11.1 Å². The van der Waals surface area contributed by atoms with Crippen LogP contribution < -0.4 is 4.90 Å². The van der Waals surface area contributed by atoms with Gasteiger partial charge in [-0.25, -0.2) is 0 Å². The molecule has 5 aromatic rings. The van der Waals surface area contributed by atoms with Crippen LogP contribution in [-0.4, -0.2) is 11.6 Å². The summed E-state index contributed by atoms with van der Waals surface area (Å²) in [5.74, 6) is -0.0186. The molecule has 1 aliphatic rings. The van der Waals surface area contributed by atoms with Gasteiger partial charge in [-0.15, -0.1) is 0 Å². The molecule has 0 atom stereocenters.